The third-order valence-corrected chi connectivity index (χ3v) is 4.44. The van der Waals surface area contributed by atoms with Crippen molar-refractivity contribution in [2.75, 3.05) is 0 Å². The molecule has 124 valence electrons. The summed E-state index contributed by atoms with van der Waals surface area (Å²) in [4.78, 5) is 16.8. The summed E-state index contributed by atoms with van der Waals surface area (Å²) in [6.07, 6.45) is 0.533. The van der Waals surface area contributed by atoms with E-state index >= 15 is 0 Å². The minimum atomic E-state index is -0.384. The molecule has 2 rings (SSSR count). The van der Waals surface area contributed by atoms with E-state index in [0.717, 1.165) is 6.42 Å². The monoisotopic (exact) mass is 335 g/mol. The van der Waals surface area contributed by atoms with Crippen LogP contribution in [0.15, 0.2) is 28.8 Å². The van der Waals surface area contributed by atoms with Gasteiger partial charge in [0.05, 0.1) is 17.0 Å². The van der Waals surface area contributed by atoms with Crippen molar-refractivity contribution >= 4 is 29.2 Å². The second kappa shape index (κ2) is 6.84. The summed E-state index contributed by atoms with van der Waals surface area (Å²) in [6, 6.07) is 4.43. The molecule has 6 heteroatoms. The average Bonchev–Trinajstić information content (AvgIpc) is 2.49. The van der Waals surface area contributed by atoms with Gasteiger partial charge in [0.25, 0.3) is 0 Å². The number of carbonyl (C=O) groups excluding carboxylic acids is 1. The van der Waals surface area contributed by atoms with Gasteiger partial charge in [0.2, 0.25) is 5.12 Å². The van der Waals surface area contributed by atoms with Gasteiger partial charge in [-0.15, -0.1) is 12.6 Å². The summed E-state index contributed by atoms with van der Waals surface area (Å²) < 4.78 is 13.4. The van der Waals surface area contributed by atoms with Gasteiger partial charge < -0.3 is 0 Å². The maximum absolute atomic E-state index is 13.4. The Morgan fingerprint density at radius 3 is 2.70 bits per heavy atom. The number of hydrogen-bond donors (Lipinski definition) is 2. The van der Waals surface area contributed by atoms with Crippen LogP contribution < -0.4 is 5.84 Å². The number of rotatable bonds is 4. The van der Waals surface area contributed by atoms with E-state index in [1.54, 1.807) is 13.0 Å². The molecule has 2 unspecified atom stereocenters. The van der Waals surface area contributed by atoms with Gasteiger partial charge in [0.1, 0.15) is 12.0 Å². The first-order valence-electron chi connectivity index (χ1n) is 7.64. The SMILES string of the molecule is CCC(C)C1=NC(C)N(N)C(c2ccc(F)cc2C)=C1C(=O)S. The van der Waals surface area contributed by atoms with Crippen molar-refractivity contribution in [3.8, 4) is 0 Å². The van der Waals surface area contributed by atoms with Crippen LogP contribution in [0.4, 0.5) is 4.39 Å². The van der Waals surface area contributed by atoms with Gasteiger partial charge >= 0.3 is 0 Å². The molecule has 0 aliphatic carbocycles. The number of nitrogens with zero attached hydrogens (tertiary/aromatic N) is 2. The molecule has 1 aromatic carbocycles. The summed E-state index contributed by atoms with van der Waals surface area (Å²) in [5.41, 5.74) is 3.09. The number of hydrogen-bond acceptors (Lipinski definition) is 4. The maximum Gasteiger partial charge on any atom is 0.220 e. The molecule has 0 fully saturated rings. The Morgan fingerprint density at radius 1 is 1.52 bits per heavy atom. The van der Waals surface area contributed by atoms with E-state index < -0.39 is 0 Å². The number of nitrogens with two attached hydrogens (primary N) is 1. The Bertz CT molecular complexity index is 699. The third-order valence-electron chi connectivity index (χ3n) is 4.22. The van der Waals surface area contributed by atoms with Crippen molar-refractivity contribution < 1.29 is 9.18 Å². The second-order valence-electron chi connectivity index (χ2n) is 5.85. The Balaban J connectivity index is 2.75. The molecule has 1 aliphatic heterocycles. The van der Waals surface area contributed by atoms with Crippen LogP contribution >= 0.6 is 12.6 Å². The quantitative estimate of drug-likeness (QED) is 0.655. The maximum atomic E-state index is 13.4. The van der Waals surface area contributed by atoms with E-state index in [4.69, 9.17) is 5.84 Å². The summed E-state index contributed by atoms with van der Waals surface area (Å²) >= 11 is 4.03. The van der Waals surface area contributed by atoms with Crippen LogP contribution in [0.3, 0.4) is 0 Å². The molecule has 0 spiro atoms. The van der Waals surface area contributed by atoms with Crippen LogP contribution in [0.5, 0.6) is 0 Å². The first kappa shape index (κ1) is 17.7. The number of halogens is 1. The predicted octanol–water partition coefficient (Wildman–Crippen LogP) is 3.32. The zero-order valence-electron chi connectivity index (χ0n) is 13.8. The lowest BCUT2D eigenvalue weighted by Gasteiger charge is -2.35. The van der Waals surface area contributed by atoms with Crippen LogP contribution in [-0.2, 0) is 4.79 Å². The molecular formula is C17H22FN3OS. The normalized spacial score (nSPS) is 19.7. The van der Waals surface area contributed by atoms with E-state index in [0.29, 0.717) is 28.1 Å². The number of thiol groups is 1. The molecule has 2 N–H and O–H groups in total. The van der Waals surface area contributed by atoms with Gasteiger partial charge in [0.15, 0.2) is 0 Å². The molecule has 1 heterocycles. The Kier molecular flexibility index (Phi) is 5.26. The van der Waals surface area contributed by atoms with E-state index in [9.17, 15) is 9.18 Å². The fourth-order valence-electron chi connectivity index (χ4n) is 2.71. The zero-order valence-corrected chi connectivity index (χ0v) is 14.7. The molecule has 0 radical (unpaired) electrons. The minimum absolute atomic E-state index is 0.105. The lowest BCUT2D eigenvalue weighted by atomic mass is 9.90. The molecule has 0 bridgehead atoms. The number of hydrazine groups is 1. The summed E-state index contributed by atoms with van der Waals surface area (Å²) in [5.74, 6) is 5.96. The number of aliphatic imine (C=N–C) groups is 1. The Labute approximate surface area is 141 Å². The van der Waals surface area contributed by atoms with Gasteiger partial charge in [-0.1, -0.05) is 13.8 Å². The summed E-state index contributed by atoms with van der Waals surface area (Å²) in [6.45, 7) is 7.71. The predicted molar refractivity (Wildman–Crippen MR) is 94.4 cm³/mol. The van der Waals surface area contributed by atoms with Crippen LogP contribution in [0.2, 0.25) is 0 Å². The highest BCUT2D eigenvalue weighted by Gasteiger charge is 2.32. The van der Waals surface area contributed by atoms with E-state index in [-0.39, 0.29) is 23.0 Å². The molecule has 0 saturated carbocycles. The van der Waals surface area contributed by atoms with Crippen molar-refractivity contribution in [2.45, 2.75) is 40.3 Å². The first-order valence-corrected chi connectivity index (χ1v) is 8.08. The fraction of sp³-hybridized carbons (Fsp3) is 0.412. The highest BCUT2D eigenvalue weighted by atomic mass is 32.1. The topological polar surface area (TPSA) is 58.7 Å². The summed E-state index contributed by atoms with van der Waals surface area (Å²) in [5, 5.41) is 1.07. The molecule has 23 heavy (non-hydrogen) atoms. The van der Waals surface area contributed by atoms with Crippen molar-refractivity contribution in [1.82, 2.24) is 5.01 Å². The summed E-state index contributed by atoms with van der Waals surface area (Å²) in [7, 11) is 0. The van der Waals surface area contributed by atoms with Crippen LogP contribution in [0.25, 0.3) is 5.70 Å². The smallest absolute Gasteiger partial charge is 0.220 e. The second-order valence-corrected chi connectivity index (χ2v) is 6.26. The fourth-order valence-corrected chi connectivity index (χ4v) is 2.93. The first-order chi connectivity index (χ1) is 10.8. The number of carbonyl (C=O) groups is 1. The molecule has 1 aromatic rings. The van der Waals surface area contributed by atoms with Gasteiger partial charge in [-0.3, -0.25) is 14.8 Å². The van der Waals surface area contributed by atoms with Crippen molar-refractivity contribution in [1.29, 1.82) is 0 Å². The minimum Gasteiger partial charge on any atom is -0.286 e. The molecular weight excluding hydrogens is 313 g/mol. The number of benzene rings is 1. The van der Waals surface area contributed by atoms with Crippen LogP contribution in [-0.4, -0.2) is 22.0 Å². The van der Waals surface area contributed by atoms with E-state index in [1.165, 1.54) is 17.1 Å². The Morgan fingerprint density at radius 2 is 2.17 bits per heavy atom. The van der Waals surface area contributed by atoms with Crippen molar-refractivity contribution in [3.05, 3.63) is 40.7 Å². The largest absolute Gasteiger partial charge is 0.286 e. The Hall–Kier alpha value is -1.66. The van der Waals surface area contributed by atoms with Crippen molar-refractivity contribution in [3.63, 3.8) is 0 Å². The average molecular weight is 335 g/mol. The molecule has 0 saturated heterocycles. The molecule has 4 nitrogen and oxygen atoms in total. The highest BCUT2D eigenvalue weighted by Crippen LogP contribution is 2.33. The number of aryl methyl sites for hydroxylation is 1. The van der Waals surface area contributed by atoms with E-state index in [1.807, 2.05) is 20.8 Å². The van der Waals surface area contributed by atoms with Gasteiger partial charge in [0, 0.05) is 5.56 Å². The van der Waals surface area contributed by atoms with Crippen LogP contribution in [0.1, 0.15) is 38.3 Å². The van der Waals surface area contributed by atoms with E-state index in [2.05, 4.69) is 17.6 Å². The van der Waals surface area contributed by atoms with Gasteiger partial charge in [-0.25, -0.2) is 10.2 Å². The molecule has 0 amide bonds. The zero-order chi connectivity index (χ0) is 17.3. The van der Waals surface area contributed by atoms with Gasteiger partial charge in [-0.2, -0.15) is 0 Å². The third kappa shape index (κ3) is 3.33. The standard InChI is InChI=1S/C17H22FN3OS/c1-5-9(2)15-14(17(22)23)16(21(19)11(4)20-15)13-7-6-12(18)8-10(13)3/h6-9,11H,5,19H2,1-4H3,(H,22,23). The lowest BCUT2D eigenvalue weighted by Crippen LogP contribution is -2.43. The van der Waals surface area contributed by atoms with Crippen LogP contribution in [0, 0.1) is 18.7 Å². The highest BCUT2D eigenvalue weighted by molar-refractivity contribution is 7.97. The van der Waals surface area contributed by atoms with Crippen molar-refractivity contribution in [2.24, 2.45) is 16.8 Å². The molecule has 1 aliphatic rings. The molecule has 2 atom stereocenters. The molecule has 0 aromatic heterocycles. The lowest BCUT2D eigenvalue weighted by molar-refractivity contribution is -0.107. The van der Waals surface area contributed by atoms with Gasteiger partial charge in [-0.05, 0) is 49.9 Å².